The van der Waals surface area contributed by atoms with Crippen LogP contribution in [0.25, 0.3) is 0 Å². The molecule has 2 rings (SSSR count). The van der Waals surface area contributed by atoms with E-state index in [9.17, 15) is 13.2 Å². The lowest BCUT2D eigenvalue weighted by Crippen LogP contribution is -2.57. The van der Waals surface area contributed by atoms with Crippen molar-refractivity contribution in [2.75, 3.05) is 31.9 Å². The van der Waals surface area contributed by atoms with Crippen LogP contribution in [0.3, 0.4) is 0 Å². The summed E-state index contributed by atoms with van der Waals surface area (Å²) < 4.78 is 25.6. The largest absolute Gasteiger partial charge is 0.339 e. The van der Waals surface area contributed by atoms with Crippen LogP contribution < -0.4 is 5.73 Å². The molecule has 0 spiro atoms. The second-order valence-corrected chi connectivity index (χ2v) is 7.90. The van der Waals surface area contributed by atoms with Crippen LogP contribution in [0.2, 0.25) is 0 Å². The Kier molecular flexibility index (Phi) is 5.04. The number of hydrogen-bond donors (Lipinski definition) is 1. The number of piperidine rings is 2. The van der Waals surface area contributed by atoms with Gasteiger partial charge in [-0.15, -0.1) is 0 Å². The third kappa shape index (κ3) is 3.15. The predicted molar refractivity (Wildman–Crippen MR) is 77.5 cm³/mol. The van der Waals surface area contributed by atoms with Gasteiger partial charge in [-0.25, -0.2) is 12.7 Å². The summed E-state index contributed by atoms with van der Waals surface area (Å²) in [6.45, 7) is 4.06. The van der Waals surface area contributed by atoms with Gasteiger partial charge in [-0.2, -0.15) is 0 Å². The molecule has 0 aliphatic carbocycles. The van der Waals surface area contributed by atoms with Crippen LogP contribution in [0, 0.1) is 5.92 Å². The molecule has 20 heavy (non-hydrogen) atoms. The molecule has 0 aromatic heterocycles. The lowest BCUT2D eigenvalue weighted by Gasteiger charge is -2.46. The predicted octanol–water partition coefficient (Wildman–Crippen LogP) is -0.00220. The third-order valence-corrected chi connectivity index (χ3v) is 6.32. The van der Waals surface area contributed by atoms with Gasteiger partial charge in [-0.05, 0) is 38.6 Å². The van der Waals surface area contributed by atoms with Crippen LogP contribution in [0.4, 0.5) is 0 Å². The lowest BCUT2D eigenvalue weighted by molar-refractivity contribution is -0.140. The molecule has 1 amide bonds. The van der Waals surface area contributed by atoms with E-state index in [1.54, 1.807) is 11.2 Å². The average Bonchev–Trinajstić information content (AvgIpc) is 2.45. The number of carbonyl (C=O) groups is 1. The highest BCUT2D eigenvalue weighted by atomic mass is 32.2. The van der Waals surface area contributed by atoms with Crippen molar-refractivity contribution in [1.29, 1.82) is 0 Å². The molecule has 2 N–H and O–H groups in total. The van der Waals surface area contributed by atoms with E-state index in [4.69, 9.17) is 5.73 Å². The Morgan fingerprint density at radius 2 is 2.10 bits per heavy atom. The summed E-state index contributed by atoms with van der Waals surface area (Å²) in [6.07, 6.45) is 2.90. The van der Waals surface area contributed by atoms with Gasteiger partial charge in [0.15, 0.2) is 0 Å². The standard InChI is InChI=1S/C13H25N3O3S/c1-2-20(18,19)15-9-6-12-11(10-15)4-5-13(17)16(12)8-3-7-14/h11-12H,2-10,14H2,1H3/t11-,12+/m0/s1. The summed E-state index contributed by atoms with van der Waals surface area (Å²) in [6, 6.07) is 0.200. The molecule has 0 radical (unpaired) electrons. The zero-order valence-electron chi connectivity index (χ0n) is 12.1. The second-order valence-electron chi connectivity index (χ2n) is 5.64. The van der Waals surface area contributed by atoms with Crippen LogP contribution in [0.15, 0.2) is 0 Å². The first kappa shape index (κ1) is 15.7. The Hall–Kier alpha value is -0.660. The summed E-state index contributed by atoms with van der Waals surface area (Å²) in [5.41, 5.74) is 5.53. The average molecular weight is 303 g/mol. The summed E-state index contributed by atoms with van der Waals surface area (Å²) in [4.78, 5) is 14.0. The van der Waals surface area contributed by atoms with Gasteiger partial charge >= 0.3 is 0 Å². The minimum Gasteiger partial charge on any atom is -0.339 e. The van der Waals surface area contributed by atoms with Crippen molar-refractivity contribution in [3.63, 3.8) is 0 Å². The minimum absolute atomic E-state index is 0.153. The van der Waals surface area contributed by atoms with Gasteiger partial charge < -0.3 is 10.6 Å². The maximum atomic E-state index is 12.0. The lowest BCUT2D eigenvalue weighted by atomic mass is 9.84. The molecule has 2 heterocycles. The van der Waals surface area contributed by atoms with E-state index in [0.29, 0.717) is 32.6 Å². The van der Waals surface area contributed by atoms with Gasteiger partial charge in [0.2, 0.25) is 15.9 Å². The van der Waals surface area contributed by atoms with E-state index in [1.807, 2.05) is 4.90 Å². The summed E-state index contributed by atoms with van der Waals surface area (Å²) >= 11 is 0. The number of rotatable bonds is 5. The minimum atomic E-state index is -3.11. The maximum absolute atomic E-state index is 12.0. The smallest absolute Gasteiger partial charge is 0.222 e. The first-order chi connectivity index (χ1) is 9.49. The van der Waals surface area contributed by atoms with Crippen LogP contribution in [0.1, 0.15) is 32.6 Å². The number of fused-ring (bicyclic) bond motifs is 1. The van der Waals surface area contributed by atoms with E-state index < -0.39 is 10.0 Å². The van der Waals surface area contributed by atoms with E-state index in [2.05, 4.69) is 0 Å². The fourth-order valence-corrected chi connectivity index (χ4v) is 4.47. The fraction of sp³-hybridized carbons (Fsp3) is 0.923. The molecule has 2 fully saturated rings. The first-order valence-electron chi connectivity index (χ1n) is 7.47. The van der Waals surface area contributed by atoms with Crippen molar-refractivity contribution >= 4 is 15.9 Å². The number of amides is 1. The number of nitrogens with two attached hydrogens (primary N) is 1. The molecule has 2 atom stereocenters. The Morgan fingerprint density at radius 3 is 2.75 bits per heavy atom. The zero-order valence-corrected chi connectivity index (χ0v) is 12.9. The van der Waals surface area contributed by atoms with Gasteiger partial charge in [-0.1, -0.05) is 0 Å². The summed E-state index contributed by atoms with van der Waals surface area (Å²) in [5, 5.41) is 0. The molecule has 0 bridgehead atoms. The van der Waals surface area contributed by atoms with Crippen molar-refractivity contribution in [1.82, 2.24) is 9.21 Å². The van der Waals surface area contributed by atoms with Crippen molar-refractivity contribution < 1.29 is 13.2 Å². The SMILES string of the molecule is CCS(=O)(=O)N1CC[C@@H]2[C@@H](CCC(=O)N2CCCN)C1. The van der Waals surface area contributed by atoms with Crippen molar-refractivity contribution in [3.8, 4) is 0 Å². The highest BCUT2D eigenvalue weighted by molar-refractivity contribution is 7.89. The second kappa shape index (κ2) is 6.41. The molecule has 0 aromatic rings. The van der Waals surface area contributed by atoms with Crippen LogP contribution >= 0.6 is 0 Å². The highest BCUT2D eigenvalue weighted by Crippen LogP contribution is 2.32. The Balaban J connectivity index is 2.06. The molecule has 2 aliphatic rings. The molecule has 0 unspecified atom stereocenters. The maximum Gasteiger partial charge on any atom is 0.222 e. The quantitative estimate of drug-likeness (QED) is 0.775. The van der Waals surface area contributed by atoms with Crippen LogP contribution in [0.5, 0.6) is 0 Å². The molecule has 116 valence electrons. The monoisotopic (exact) mass is 303 g/mol. The van der Waals surface area contributed by atoms with E-state index in [1.165, 1.54) is 0 Å². The Labute approximate surface area is 121 Å². The molecule has 6 nitrogen and oxygen atoms in total. The molecule has 2 saturated heterocycles. The molecule has 0 saturated carbocycles. The first-order valence-corrected chi connectivity index (χ1v) is 9.08. The number of nitrogens with zero attached hydrogens (tertiary/aromatic N) is 2. The highest BCUT2D eigenvalue weighted by Gasteiger charge is 2.41. The zero-order chi connectivity index (χ0) is 14.8. The van der Waals surface area contributed by atoms with E-state index >= 15 is 0 Å². The molecular weight excluding hydrogens is 278 g/mol. The topological polar surface area (TPSA) is 83.7 Å². The number of hydrogen-bond acceptors (Lipinski definition) is 4. The number of carbonyl (C=O) groups excluding carboxylic acids is 1. The Morgan fingerprint density at radius 1 is 1.35 bits per heavy atom. The number of likely N-dealkylation sites (tertiary alicyclic amines) is 1. The fourth-order valence-electron chi connectivity index (χ4n) is 3.31. The van der Waals surface area contributed by atoms with Gasteiger partial charge in [-0.3, -0.25) is 4.79 Å². The van der Waals surface area contributed by atoms with Crippen LogP contribution in [-0.4, -0.2) is 61.5 Å². The third-order valence-electron chi connectivity index (χ3n) is 4.47. The summed E-state index contributed by atoms with van der Waals surface area (Å²) in [7, 11) is -3.11. The van der Waals surface area contributed by atoms with E-state index in [0.717, 1.165) is 19.3 Å². The van der Waals surface area contributed by atoms with Gasteiger partial charge in [0.25, 0.3) is 0 Å². The molecule has 0 aromatic carbocycles. The van der Waals surface area contributed by atoms with Gasteiger partial charge in [0.05, 0.1) is 5.75 Å². The van der Waals surface area contributed by atoms with Gasteiger partial charge in [0.1, 0.15) is 0 Å². The summed E-state index contributed by atoms with van der Waals surface area (Å²) in [5.74, 6) is 0.632. The van der Waals surface area contributed by atoms with Crippen molar-refractivity contribution in [2.24, 2.45) is 11.7 Å². The van der Waals surface area contributed by atoms with Crippen LogP contribution in [-0.2, 0) is 14.8 Å². The molecule has 7 heteroatoms. The van der Waals surface area contributed by atoms with Gasteiger partial charge in [0, 0.05) is 32.1 Å². The normalized spacial score (nSPS) is 28.5. The molecule has 2 aliphatic heterocycles. The van der Waals surface area contributed by atoms with Crippen molar-refractivity contribution in [3.05, 3.63) is 0 Å². The molecular formula is C13H25N3O3S. The van der Waals surface area contributed by atoms with Crippen molar-refractivity contribution in [2.45, 2.75) is 38.6 Å². The Bertz CT molecular complexity index is 452. The van der Waals surface area contributed by atoms with E-state index in [-0.39, 0.29) is 23.6 Å². The number of sulfonamides is 1.